The minimum Gasteiger partial charge on any atom is -0.481 e. The van der Waals surface area contributed by atoms with E-state index >= 15 is 0 Å². The van der Waals surface area contributed by atoms with Crippen molar-refractivity contribution in [1.29, 1.82) is 0 Å². The Hall–Kier alpha value is -2.21. The van der Waals surface area contributed by atoms with Gasteiger partial charge in [0, 0.05) is 13.0 Å². The molecule has 0 spiro atoms. The van der Waals surface area contributed by atoms with E-state index in [4.69, 9.17) is 5.11 Å². The van der Waals surface area contributed by atoms with Crippen LogP contribution in [-0.4, -0.2) is 28.9 Å². The Morgan fingerprint density at radius 2 is 2.05 bits per heavy atom. The average molecular weight is 290 g/mol. The zero-order valence-electron chi connectivity index (χ0n) is 11.8. The number of carbonyl (C=O) groups excluding carboxylic acids is 2. The van der Waals surface area contributed by atoms with Crippen molar-refractivity contribution in [3.8, 4) is 0 Å². The van der Waals surface area contributed by atoms with E-state index < -0.39 is 11.9 Å². The van der Waals surface area contributed by atoms with Crippen LogP contribution in [0.5, 0.6) is 0 Å². The summed E-state index contributed by atoms with van der Waals surface area (Å²) in [5.74, 6) is -1.92. The predicted molar refractivity (Wildman–Crippen MR) is 75.5 cm³/mol. The molecule has 2 unspecified atom stereocenters. The van der Waals surface area contributed by atoms with Crippen LogP contribution in [0.3, 0.4) is 0 Å². The first-order valence-corrected chi connectivity index (χ1v) is 6.86. The number of aliphatic carboxylic acids is 1. The fourth-order valence-electron chi connectivity index (χ4n) is 2.20. The summed E-state index contributed by atoms with van der Waals surface area (Å²) in [5, 5.41) is 14.3. The van der Waals surface area contributed by atoms with Crippen LogP contribution in [0.1, 0.15) is 36.8 Å². The van der Waals surface area contributed by atoms with Gasteiger partial charge in [0.15, 0.2) is 0 Å². The van der Waals surface area contributed by atoms with Gasteiger partial charge in [-0.25, -0.2) is 0 Å². The van der Waals surface area contributed by atoms with Crippen LogP contribution in [-0.2, 0) is 20.9 Å². The molecule has 0 radical (unpaired) electrons. The van der Waals surface area contributed by atoms with E-state index in [2.05, 4.69) is 10.6 Å². The minimum atomic E-state index is -0.857. The summed E-state index contributed by atoms with van der Waals surface area (Å²) in [7, 11) is 0. The second kappa shape index (κ2) is 6.49. The van der Waals surface area contributed by atoms with Gasteiger partial charge in [0.25, 0.3) is 0 Å². The topological polar surface area (TPSA) is 95.5 Å². The molecule has 3 N–H and O–H groups in total. The smallest absolute Gasteiger partial charge is 0.310 e. The zero-order valence-corrected chi connectivity index (χ0v) is 11.8. The van der Waals surface area contributed by atoms with Gasteiger partial charge in [0.2, 0.25) is 11.8 Å². The molecule has 0 aliphatic carbocycles. The normalized spacial score (nSPS) is 20.0. The number of amides is 2. The highest BCUT2D eigenvalue weighted by Gasteiger charge is 2.25. The van der Waals surface area contributed by atoms with Gasteiger partial charge >= 0.3 is 5.97 Å². The van der Waals surface area contributed by atoms with Crippen molar-refractivity contribution >= 4 is 17.8 Å². The number of nitrogens with one attached hydrogen (secondary N) is 2. The third-order valence-electron chi connectivity index (χ3n) is 3.64. The molecule has 1 aliphatic rings. The Bertz CT molecular complexity index is 553. The summed E-state index contributed by atoms with van der Waals surface area (Å²) >= 11 is 0. The molecule has 2 rings (SSSR count). The van der Waals surface area contributed by atoms with E-state index in [1.165, 1.54) is 0 Å². The molecule has 21 heavy (non-hydrogen) atoms. The number of imide groups is 1. The summed E-state index contributed by atoms with van der Waals surface area (Å²) in [4.78, 5) is 33.5. The number of rotatable bonds is 5. The van der Waals surface area contributed by atoms with E-state index in [0.717, 1.165) is 11.1 Å². The molecule has 1 fully saturated rings. The van der Waals surface area contributed by atoms with Crippen molar-refractivity contribution in [1.82, 2.24) is 10.6 Å². The molecular formula is C15H18N2O4. The highest BCUT2D eigenvalue weighted by molar-refractivity contribution is 6.00. The van der Waals surface area contributed by atoms with Gasteiger partial charge in [-0.05, 0) is 24.5 Å². The van der Waals surface area contributed by atoms with Gasteiger partial charge < -0.3 is 10.4 Å². The first-order valence-electron chi connectivity index (χ1n) is 6.86. The van der Waals surface area contributed by atoms with Gasteiger partial charge in [-0.15, -0.1) is 0 Å². The number of benzene rings is 1. The lowest BCUT2D eigenvalue weighted by Crippen LogP contribution is -2.50. The molecule has 1 aromatic carbocycles. The SMILES string of the molecule is CC(C(=O)O)c1ccc(CNC2CCC(=O)NC2=O)cc1. The molecule has 1 heterocycles. The Balaban J connectivity index is 1.90. The van der Waals surface area contributed by atoms with Crippen LogP contribution in [0.15, 0.2) is 24.3 Å². The van der Waals surface area contributed by atoms with E-state index in [9.17, 15) is 14.4 Å². The van der Waals surface area contributed by atoms with Gasteiger partial charge in [-0.2, -0.15) is 0 Å². The van der Waals surface area contributed by atoms with Crippen molar-refractivity contribution < 1.29 is 19.5 Å². The second-order valence-corrected chi connectivity index (χ2v) is 5.19. The molecule has 6 nitrogen and oxygen atoms in total. The molecule has 0 bridgehead atoms. The average Bonchev–Trinajstić information content (AvgIpc) is 2.46. The molecule has 1 aromatic rings. The number of hydrogen-bond donors (Lipinski definition) is 3. The summed E-state index contributed by atoms with van der Waals surface area (Å²) < 4.78 is 0. The lowest BCUT2D eigenvalue weighted by Gasteiger charge is -2.22. The van der Waals surface area contributed by atoms with Crippen molar-refractivity contribution in [2.75, 3.05) is 0 Å². The largest absolute Gasteiger partial charge is 0.481 e. The van der Waals surface area contributed by atoms with Crippen LogP contribution in [0, 0.1) is 0 Å². The Morgan fingerprint density at radius 3 is 2.62 bits per heavy atom. The Kier molecular flexibility index (Phi) is 4.70. The Morgan fingerprint density at radius 1 is 1.38 bits per heavy atom. The van der Waals surface area contributed by atoms with Gasteiger partial charge in [-0.3, -0.25) is 19.7 Å². The zero-order chi connectivity index (χ0) is 15.4. The molecule has 112 valence electrons. The Labute approximate surface area is 122 Å². The molecule has 1 aliphatic heterocycles. The number of carbonyl (C=O) groups is 3. The summed E-state index contributed by atoms with van der Waals surface area (Å²) in [5.41, 5.74) is 1.70. The van der Waals surface area contributed by atoms with E-state index in [0.29, 0.717) is 19.4 Å². The van der Waals surface area contributed by atoms with Crippen molar-refractivity contribution in [2.45, 2.75) is 38.3 Å². The summed E-state index contributed by atoms with van der Waals surface area (Å²) in [6, 6.07) is 6.88. The lowest BCUT2D eigenvalue weighted by molar-refractivity contribution is -0.138. The lowest BCUT2D eigenvalue weighted by atomic mass is 10.00. The van der Waals surface area contributed by atoms with Crippen LogP contribution in [0.2, 0.25) is 0 Å². The number of carboxylic acids is 1. The third kappa shape index (κ3) is 3.88. The number of piperidine rings is 1. The molecule has 2 atom stereocenters. The van der Waals surface area contributed by atoms with Crippen molar-refractivity contribution in [2.24, 2.45) is 0 Å². The summed E-state index contributed by atoms with van der Waals surface area (Å²) in [6.07, 6.45) is 0.845. The van der Waals surface area contributed by atoms with E-state index in [-0.39, 0.29) is 17.9 Å². The van der Waals surface area contributed by atoms with Crippen LogP contribution in [0.25, 0.3) is 0 Å². The fourth-order valence-corrected chi connectivity index (χ4v) is 2.20. The maximum absolute atomic E-state index is 11.6. The van der Waals surface area contributed by atoms with Crippen LogP contribution >= 0.6 is 0 Å². The first kappa shape index (κ1) is 15.2. The number of hydrogen-bond acceptors (Lipinski definition) is 4. The summed E-state index contributed by atoms with van der Waals surface area (Å²) in [6.45, 7) is 2.13. The standard InChI is InChI=1S/C15H18N2O4/c1-9(15(20)21)11-4-2-10(3-5-11)8-16-12-6-7-13(18)17-14(12)19/h2-5,9,12,16H,6-8H2,1H3,(H,20,21)(H,17,18,19). The minimum absolute atomic E-state index is 0.231. The quantitative estimate of drug-likeness (QED) is 0.696. The highest BCUT2D eigenvalue weighted by Crippen LogP contribution is 2.16. The molecular weight excluding hydrogens is 272 g/mol. The second-order valence-electron chi connectivity index (χ2n) is 5.19. The van der Waals surface area contributed by atoms with E-state index in [1.807, 2.05) is 12.1 Å². The van der Waals surface area contributed by atoms with E-state index in [1.54, 1.807) is 19.1 Å². The first-order chi connectivity index (χ1) is 9.97. The van der Waals surface area contributed by atoms with Crippen molar-refractivity contribution in [3.05, 3.63) is 35.4 Å². The van der Waals surface area contributed by atoms with Gasteiger partial charge in [-0.1, -0.05) is 24.3 Å². The molecule has 2 amide bonds. The third-order valence-corrected chi connectivity index (χ3v) is 3.64. The highest BCUT2D eigenvalue weighted by atomic mass is 16.4. The van der Waals surface area contributed by atoms with Crippen molar-refractivity contribution in [3.63, 3.8) is 0 Å². The number of carboxylic acid groups (broad SMARTS) is 1. The molecule has 6 heteroatoms. The predicted octanol–water partition coefficient (Wildman–Crippen LogP) is 0.769. The molecule has 0 aromatic heterocycles. The maximum Gasteiger partial charge on any atom is 0.310 e. The van der Waals surface area contributed by atoms with Crippen LogP contribution < -0.4 is 10.6 Å². The van der Waals surface area contributed by atoms with Gasteiger partial charge in [0.05, 0.1) is 12.0 Å². The van der Waals surface area contributed by atoms with Gasteiger partial charge in [0.1, 0.15) is 0 Å². The fraction of sp³-hybridized carbons (Fsp3) is 0.400. The maximum atomic E-state index is 11.6. The van der Waals surface area contributed by atoms with Crippen LogP contribution in [0.4, 0.5) is 0 Å². The molecule has 0 saturated carbocycles. The monoisotopic (exact) mass is 290 g/mol. The molecule has 1 saturated heterocycles.